The molecule has 0 radical (unpaired) electrons. The topological polar surface area (TPSA) is 61.8 Å². The highest BCUT2D eigenvalue weighted by molar-refractivity contribution is 5.95. The van der Waals surface area contributed by atoms with Crippen molar-refractivity contribution in [2.24, 2.45) is 0 Å². The van der Waals surface area contributed by atoms with Gasteiger partial charge in [0.15, 0.2) is 0 Å². The lowest BCUT2D eigenvalue weighted by Gasteiger charge is -2.29. The Balaban J connectivity index is 1.53. The fourth-order valence-corrected chi connectivity index (χ4v) is 2.90. The Morgan fingerprint density at radius 2 is 1.80 bits per heavy atom. The van der Waals surface area contributed by atoms with E-state index in [0.717, 1.165) is 49.5 Å². The van der Waals surface area contributed by atoms with Crippen LogP contribution in [0.15, 0.2) is 48.5 Å². The molecule has 2 aromatic carbocycles. The third-order valence-corrected chi connectivity index (χ3v) is 4.39. The number of hydrogen-bond donors (Lipinski definition) is 2. The number of nitrogens with one attached hydrogen (secondary N) is 1. The first-order valence-electron chi connectivity index (χ1n) is 8.66. The molecule has 0 saturated carbocycles. The van der Waals surface area contributed by atoms with Gasteiger partial charge in [0.2, 0.25) is 0 Å². The van der Waals surface area contributed by atoms with Gasteiger partial charge in [-0.2, -0.15) is 0 Å². The normalized spacial score (nSPS) is 14.4. The largest absolute Gasteiger partial charge is 0.392 e. The van der Waals surface area contributed by atoms with Gasteiger partial charge in [0.25, 0.3) is 5.91 Å². The summed E-state index contributed by atoms with van der Waals surface area (Å²) in [7, 11) is 0. The number of hydrogen-bond acceptors (Lipinski definition) is 4. The summed E-state index contributed by atoms with van der Waals surface area (Å²) in [6.45, 7) is 3.80. The summed E-state index contributed by atoms with van der Waals surface area (Å²) in [5, 5.41) is 12.0. The molecule has 0 unspecified atom stereocenters. The standard InChI is InChI=1S/C20H24N2O3/c23-15-17-6-4-16(5-7-17)8-9-21-20(24)18-2-1-3-19(14-18)22-10-12-25-13-11-22/h1-7,14,23H,8-13,15H2,(H,21,24). The van der Waals surface area contributed by atoms with Crippen LogP contribution < -0.4 is 10.2 Å². The van der Waals surface area contributed by atoms with Crippen LogP contribution in [0.25, 0.3) is 0 Å². The van der Waals surface area contributed by atoms with Crippen LogP contribution in [0.3, 0.4) is 0 Å². The molecule has 1 aliphatic rings. The zero-order valence-electron chi connectivity index (χ0n) is 14.3. The van der Waals surface area contributed by atoms with E-state index in [4.69, 9.17) is 9.84 Å². The van der Waals surface area contributed by atoms with Crippen molar-refractivity contribution in [1.29, 1.82) is 0 Å². The van der Waals surface area contributed by atoms with E-state index >= 15 is 0 Å². The van der Waals surface area contributed by atoms with E-state index in [1.54, 1.807) is 0 Å². The molecule has 0 atom stereocenters. The lowest BCUT2D eigenvalue weighted by molar-refractivity contribution is 0.0954. The van der Waals surface area contributed by atoms with Crippen molar-refractivity contribution < 1.29 is 14.6 Å². The number of nitrogens with zero attached hydrogens (tertiary/aromatic N) is 1. The summed E-state index contributed by atoms with van der Waals surface area (Å²) >= 11 is 0. The number of carbonyl (C=O) groups is 1. The van der Waals surface area contributed by atoms with E-state index < -0.39 is 0 Å². The SMILES string of the molecule is O=C(NCCc1ccc(CO)cc1)c1cccc(N2CCOCC2)c1. The molecule has 3 rings (SSSR count). The second kappa shape index (κ2) is 8.65. The zero-order chi connectivity index (χ0) is 17.5. The maximum absolute atomic E-state index is 12.4. The van der Waals surface area contributed by atoms with Crippen LogP contribution in [0.1, 0.15) is 21.5 Å². The molecule has 25 heavy (non-hydrogen) atoms. The van der Waals surface area contributed by atoms with Crippen LogP contribution in [0.2, 0.25) is 0 Å². The fourth-order valence-electron chi connectivity index (χ4n) is 2.90. The molecule has 5 nitrogen and oxygen atoms in total. The first kappa shape index (κ1) is 17.5. The van der Waals surface area contributed by atoms with Crippen LogP contribution in [-0.4, -0.2) is 43.9 Å². The Labute approximate surface area is 148 Å². The molecular weight excluding hydrogens is 316 g/mol. The molecule has 1 aliphatic heterocycles. The van der Waals surface area contributed by atoms with Crippen molar-refractivity contribution in [3.8, 4) is 0 Å². The minimum Gasteiger partial charge on any atom is -0.392 e. The molecule has 0 aliphatic carbocycles. The van der Waals surface area contributed by atoms with Crippen molar-refractivity contribution in [3.63, 3.8) is 0 Å². The smallest absolute Gasteiger partial charge is 0.251 e. The van der Waals surface area contributed by atoms with Gasteiger partial charge in [-0.05, 0) is 35.7 Å². The number of benzene rings is 2. The Hall–Kier alpha value is -2.37. The van der Waals surface area contributed by atoms with Gasteiger partial charge in [-0.25, -0.2) is 0 Å². The quantitative estimate of drug-likeness (QED) is 0.844. The highest BCUT2D eigenvalue weighted by Gasteiger charge is 2.13. The number of carbonyl (C=O) groups excluding carboxylic acids is 1. The predicted molar refractivity (Wildman–Crippen MR) is 97.9 cm³/mol. The molecule has 5 heteroatoms. The molecule has 1 amide bonds. The lowest BCUT2D eigenvalue weighted by Crippen LogP contribution is -2.36. The molecule has 2 aromatic rings. The highest BCUT2D eigenvalue weighted by atomic mass is 16.5. The van der Waals surface area contributed by atoms with Gasteiger partial charge < -0.3 is 20.1 Å². The van der Waals surface area contributed by atoms with Crippen molar-refractivity contribution in [2.75, 3.05) is 37.7 Å². The molecule has 132 valence electrons. The first-order chi connectivity index (χ1) is 12.3. The zero-order valence-corrected chi connectivity index (χ0v) is 14.3. The number of aliphatic hydroxyl groups is 1. The molecule has 1 fully saturated rings. The van der Waals surface area contributed by atoms with Gasteiger partial charge in [-0.3, -0.25) is 4.79 Å². The third-order valence-electron chi connectivity index (χ3n) is 4.39. The van der Waals surface area contributed by atoms with Crippen LogP contribution in [0.4, 0.5) is 5.69 Å². The number of aliphatic hydroxyl groups excluding tert-OH is 1. The Morgan fingerprint density at radius 1 is 1.08 bits per heavy atom. The number of morpholine rings is 1. The van der Waals surface area contributed by atoms with Crippen molar-refractivity contribution in [3.05, 3.63) is 65.2 Å². The fraction of sp³-hybridized carbons (Fsp3) is 0.350. The second-order valence-corrected chi connectivity index (χ2v) is 6.13. The predicted octanol–water partition coefficient (Wildman–Crippen LogP) is 1.99. The average molecular weight is 340 g/mol. The molecule has 1 saturated heterocycles. The van der Waals surface area contributed by atoms with Gasteiger partial charge in [0.05, 0.1) is 19.8 Å². The molecular formula is C20H24N2O3. The Kier molecular flexibility index (Phi) is 6.04. The Morgan fingerprint density at radius 3 is 2.52 bits per heavy atom. The number of amides is 1. The van der Waals surface area contributed by atoms with Gasteiger partial charge in [0.1, 0.15) is 0 Å². The molecule has 0 aromatic heterocycles. The molecule has 1 heterocycles. The minimum absolute atomic E-state index is 0.0521. The first-order valence-corrected chi connectivity index (χ1v) is 8.66. The van der Waals surface area contributed by atoms with E-state index in [-0.39, 0.29) is 12.5 Å². The van der Waals surface area contributed by atoms with Gasteiger partial charge in [-0.1, -0.05) is 30.3 Å². The molecule has 2 N–H and O–H groups in total. The summed E-state index contributed by atoms with van der Waals surface area (Å²) in [6, 6.07) is 15.5. The average Bonchev–Trinajstić information content (AvgIpc) is 2.69. The van der Waals surface area contributed by atoms with E-state index in [1.807, 2.05) is 48.5 Å². The summed E-state index contributed by atoms with van der Waals surface area (Å²) in [6.07, 6.45) is 0.764. The lowest BCUT2D eigenvalue weighted by atomic mass is 10.1. The maximum Gasteiger partial charge on any atom is 0.251 e. The van der Waals surface area contributed by atoms with Crippen LogP contribution in [-0.2, 0) is 17.8 Å². The van der Waals surface area contributed by atoms with Crippen molar-refractivity contribution >= 4 is 11.6 Å². The van der Waals surface area contributed by atoms with Crippen molar-refractivity contribution in [1.82, 2.24) is 5.32 Å². The number of anilines is 1. The van der Waals surface area contributed by atoms with Crippen LogP contribution >= 0.6 is 0 Å². The van der Waals surface area contributed by atoms with E-state index in [0.29, 0.717) is 12.1 Å². The van der Waals surface area contributed by atoms with Gasteiger partial charge >= 0.3 is 0 Å². The monoisotopic (exact) mass is 340 g/mol. The van der Waals surface area contributed by atoms with Crippen LogP contribution in [0, 0.1) is 0 Å². The summed E-state index contributed by atoms with van der Waals surface area (Å²) in [5.74, 6) is -0.0536. The molecule has 0 spiro atoms. The highest BCUT2D eigenvalue weighted by Crippen LogP contribution is 2.17. The maximum atomic E-state index is 12.4. The van der Waals surface area contributed by atoms with Gasteiger partial charge in [0, 0.05) is 30.9 Å². The van der Waals surface area contributed by atoms with Crippen LogP contribution in [0.5, 0.6) is 0 Å². The third kappa shape index (κ3) is 4.81. The minimum atomic E-state index is -0.0536. The molecule has 0 bridgehead atoms. The number of ether oxygens (including phenoxy) is 1. The van der Waals surface area contributed by atoms with E-state index in [9.17, 15) is 4.79 Å². The van der Waals surface area contributed by atoms with Crippen molar-refractivity contribution in [2.45, 2.75) is 13.0 Å². The summed E-state index contributed by atoms with van der Waals surface area (Å²) in [5.41, 5.74) is 3.78. The van der Waals surface area contributed by atoms with E-state index in [1.165, 1.54) is 0 Å². The Bertz CT molecular complexity index is 694. The van der Waals surface area contributed by atoms with E-state index in [2.05, 4.69) is 10.2 Å². The van der Waals surface area contributed by atoms with Gasteiger partial charge in [-0.15, -0.1) is 0 Å². The number of rotatable bonds is 6. The summed E-state index contributed by atoms with van der Waals surface area (Å²) < 4.78 is 5.37. The second-order valence-electron chi connectivity index (χ2n) is 6.13. The summed E-state index contributed by atoms with van der Waals surface area (Å²) in [4.78, 5) is 14.6.